The highest BCUT2D eigenvalue weighted by Gasteiger charge is 2.15. The van der Waals surface area contributed by atoms with Crippen LogP contribution in [0.15, 0.2) is 84.9 Å². The molecule has 1 heterocycles. The molecule has 0 saturated heterocycles. The minimum Gasteiger partial charge on any atom is -0.486 e. The lowest BCUT2D eigenvalue weighted by Crippen LogP contribution is -2.24. The van der Waals surface area contributed by atoms with E-state index in [0.29, 0.717) is 30.3 Å². The van der Waals surface area contributed by atoms with Gasteiger partial charge in [0.15, 0.2) is 0 Å². The first-order valence-corrected chi connectivity index (χ1v) is 12.6. The highest BCUT2D eigenvalue weighted by atomic mass is 35.5. The second-order valence-electron chi connectivity index (χ2n) is 8.85. The summed E-state index contributed by atoms with van der Waals surface area (Å²) in [6, 6.07) is 27.8. The Kier molecular flexibility index (Phi) is 7.19. The summed E-state index contributed by atoms with van der Waals surface area (Å²) in [5, 5.41) is 5.97. The van der Waals surface area contributed by atoms with Crippen molar-refractivity contribution in [3.63, 3.8) is 0 Å². The molecular weight excluding hydrogens is 470 g/mol. The van der Waals surface area contributed by atoms with Gasteiger partial charge >= 0.3 is 0 Å². The smallest absolute Gasteiger partial charge is 0.251 e. The molecule has 0 unspecified atom stereocenters. The number of imidazole rings is 1. The highest BCUT2D eigenvalue weighted by molar-refractivity contribution is 6.30. The van der Waals surface area contributed by atoms with Gasteiger partial charge in [-0.25, -0.2) is 4.98 Å². The fourth-order valence-electron chi connectivity index (χ4n) is 4.31. The minimum atomic E-state index is -0.0799. The number of hydrogen-bond donors (Lipinski definition) is 1. The molecule has 0 aliphatic heterocycles. The summed E-state index contributed by atoms with van der Waals surface area (Å²) in [5.74, 6) is 1.48. The molecule has 4 aromatic carbocycles. The van der Waals surface area contributed by atoms with E-state index in [-0.39, 0.29) is 5.91 Å². The molecule has 0 fully saturated rings. The summed E-state index contributed by atoms with van der Waals surface area (Å²) in [5.41, 5.74) is 3.37. The van der Waals surface area contributed by atoms with Gasteiger partial charge in [0.05, 0.1) is 11.0 Å². The molecule has 5 nitrogen and oxygen atoms in total. The largest absolute Gasteiger partial charge is 0.486 e. The first kappa shape index (κ1) is 23.9. The number of unbranched alkanes of at least 4 members (excludes halogenated alkanes) is 1. The van der Waals surface area contributed by atoms with Gasteiger partial charge in [0, 0.05) is 23.7 Å². The Morgan fingerprint density at radius 3 is 2.67 bits per heavy atom. The standard InChI is InChI=1S/C30H28ClN3O2/c1-2-3-15-32-30(35)24-12-14-28-27(18-24)33-29(34(28)19-21-7-6-10-25(31)16-21)20-36-26-13-11-22-8-4-5-9-23(22)17-26/h4-14,16-18H,2-3,15,19-20H2,1H3,(H,32,35). The molecule has 0 atom stereocenters. The molecule has 182 valence electrons. The highest BCUT2D eigenvalue weighted by Crippen LogP contribution is 2.24. The van der Waals surface area contributed by atoms with Gasteiger partial charge in [-0.3, -0.25) is 4.79 Å². The van der Waals surface area contributed by atoms with E-state index in [4.69, 9.17) is 21.3 Å². The molecule has 5 aromatic rings. The van der Waals surface area contributed by atoms with Crippen molar-refractivity contribution in [2.45, 2.75) is 32.9 Å². The number of hydrogen-bond acceptors (Lipinski definition) is 3. The summed E-state index contributed by atoms with van der Waals surface area (Å²) in [7, 11) is 0. The maximum Gasteiger partial charge on any atom is 0.251 e. The van der Waals surface area contributed by atoms with Crippen LogP contribution in [0, 0.1) is 0 Å². The Bertz CT molecular complexity index is 1530. The molecule has 5 rings (SSSR count). The van der Waals surface area contributed by atoms with E-state index in [2.05, 4.69) is 35.0 Å². The van der Waals surface area contributed by atoms with Gasteiger partial charge in [0.2, 0.25) is 0 Å². The quantitative estimate of drug-likeness (QED) is 0.223. The normalized spacial score (nSPS) is 11.2. The van der Waals surface area contributed by atoms with Gasteiger partial charge in [0.1, 0.15) is 18.2 Å². The molecule has 0 spiro atoms. The molecule has 0 radical (unpaired) electrons. The van der Waals surface area contributed by atoms with Crippen LogP contribution >= 0.6 is 11.6 Å². The third kappa shape index (κ3) is 5.37. The van der Waals surface area contributed by atoms with Crippen molar-refractivity contribution in [1.29, 1.82) is 0 Å². The van der Waals surface area contributed by atoms with Crippen molar-refractivity contribution in [2.24, 2.45) is 0 Å². The van der Waals surface area contributed by atoms with Crippen LogP contribution < -0.4 is 10.1 Å². The Morgan fingerprint density at radius 1 is 0.972 bits per heavy atom. The van der Waals surface area contributed by atoms with Gasteiger partial charge in [-0.2, -0.15) is 0 Å². The van der Waals surface area contributed by atoms with E-state index < -0.39 is 0 Å². The Hall–Kier alpha value is -3.83. The summed E-state index contributed by atoms with van der Waals surface area (Å²) >= 11 is 6.25. The zero-order valence-electron chi connectivity index (χ0n) is 20.2. The predicted octanol–water partition coefficient (Wildman–Crippen LogP) is 7.00. The zero-order valence-corrected chi connectivity index (χ0v) is 21.0. The average molecular weight is 498 g/mol. The van der Waals surface area contributed by atoms with E-state index in [1.807, 2.05) is 66.7 Å². The van der Waals surface area contributed by atoms with Crippen molar-refractivity contribution in [2.75, 3.05) is 6.54 Å². The SMILES string of the molecule is CCCCNC(=O)c1ccc2c(c1)nc(COc1ccc3ccccc3c1)n2Cc1cccc(Cl)c1. The van der Waals surface area contributed by atoms with E-state index in [0.717, 1.165) is 46.4 Å². The van der Waals surface area contributed by atoms with Gasteiger partial charge in [-0.1, -0.05) is 67.4 Å². The van der Waals surface area contributed by atoms with E-state index >= 15 is 0 Å². The van der Waals surface area contributed by atoms with E-state index in [1.54, 1.807) is 0 Å². The maximum atomic E-state index is 12.6. The number of nitrogens with one attached hydrogen (secondary N) is 1. The van der Waals surface area contributed by atoms with Crippen molar-refractivity contribution in [3.8, 4) is 5.75 Å². The van der Waals surface area contributed by atoms with Gasteiger partial charge < -0.3 is 14.6 Å². The number of benzene rings is 4. The van der Waals surface area contributed by atoms with Gasteiger partial charge in [-0.05, 0) is 65.2 Å². The number of halogens is 1. The van der Waals surface area contributed by atoms with Crippen LogP contribution in [-0.2, 0) is 13.2 Å². The second-order valence-corrected chi connectivity index (χ2v) is 9.29. The van der Waals surface area contributed by atoms with Crippen molar-refractivity contribution >= 4 is 39.3 Å². The minimum absolute atomic E-state index is 0.0799. The summed E-state index contributed by atoms with van der Waals surface area (Å²) < 4.78 is 8.31. The number of fused-ring (bicyclic) bond motifs is 2. The zero-order chi connectivity index (χ0) is 24.9. The lowest BCUT2D eigenvalue weighted by molar-refractivity contribution is 0.0953. The number of nitrogens with zero attached hydrogens (tertiary/aromatic N) is 2. The Balaban J connectivity index is 1.46. The van der Waals surface area contributed by atoms with Crippen LogP contribution in [-0.4, -0.2) is 22.0 Å². The summed E-state index contributed by atoms with van der Waals surface area (Å²) in [6.07, 6.45) is 1.99. The van der Waals surface area contributed by atoms with Crippen LogP contribution in [0.1, 0.15) is 41.5 Å². The summed E-state index contributed by atoms with van der Waals surface area (Å²) in [6.45, 7) is 3.66. The van der Waals surface area contributed by atoms with Gasteiger partial charge in [-0.15, -0.1) is 0 Å². The molecule has 36 heavy (non-hydrogen) atoms. The van der Waals surface area contributed by atoms with Crippen molar-refractivity contribution in [1.82, 2.24) is 14.9 Å². The van der Waals surface area contributed by atoms with Crippen LogP contribution in [0.4, 0.5) is 0 Å². The number of aromatic nitrogens is 2. The van der Waals surface area contributed by atoms with Crippen molar-refractivity contribution < 1.29 is 9.53 Å². The maximum absolute atomic E-state index is 12.6. The van der Waals surface area contributed by atoms with Crippen LogP contribution in [0.3, 0.4) is 0 Å². The molecule has 0 bridgehead atoms. The van der Waals surface area contributed by atoms with Crippen LogP contribution in [0.2, 0.25) is 5.02 Å². The van der Waals surface area contributed by atoms with Crippen LogP contribution in [0.5, 0.6) is 5.75 Å². The van der Waals surface area contributed by atoms with E-state index in [1.165, 1.54) is 5.39 Å². The molecule has 0 aliphatic rings. The molecule has 0 aliphatic carbocycles. The monoisotopic (exact) mass is 497 g/mol. The Labute approximate surface area is 215 Å². The first-order chi connectivity index (χ1) is 17.6. The topological polar surface area (TPSA) is 56.1 Å². The van der Waals surface area contributed by atoms with Crippen LogP contribution in [0.25, 0.3) is 21.8 Å². The number of carbonyl (C=O) groups is 1. The number of amides is 1. The molecule has 1 N–H and O–H groups in total. The van der Waals surface area contributed by atoms with Gasteiger partial charge in [0.25, 0.3) is 5.91 Å². The molecule has 6 heteroatoms. The molecule has 1 amide bonds. The predicted molar refractivity (Wildman–Crippen MR) is 146 cm³/mol. The summed E-state index contributed by atoms with van der Waals surface area (Å²) in [4.78, 5) is 17.5. The average Bonchev–Trinajstić information content (AvgIpc) is 3.23. The first-order valence-electron chi connectivity index (χ1n) is 12.2. The fourth-order valence-corrected chi connectivity index (χ4v) is 4.52. The third-order valence-corrected chi connectivity index (χ3v) is 6.46. The number of rotatable bonds is 9. The number of ether oxygens (including phenoxy) is 1. The fraction of sp³-hybridized carbons (Fsp3) is 0.200. The molecular formula is C30H28ClN3O2. The second kappa shape index (κ2) is 10.8. The lowest BCUT2D eigenvalue weighted by Gasteiger charge is -2.12. The lowest BCUT2D eigenvalue weighted by atomic mass is 10.1. The number of carbonyl (C=O) groups excluding carboxylic acids is 1. The van der Waals surface area contributed by atoms with Crippen molar-refractivity contribution in [3.05, 3.63) is 107 Å². The van der Waals surface area contributed by atoms with E-state index in [9.17, 15) is 4.79 Å². The Morgan fingerprint density at radius 2 is 1.83 bits per heavy atom. The third-order valence-electron chi connectivity index (χ3n) is 6.22. The molecule has 0 saturated carbocycles. The molecule has 1 aromatic heterocycles.